The first kappa shape index (κ1) is 16.9. The van der Waals surface area contributed by atoms with Crippen molar-refractivity contribution >= 4 is 27.9 Å². The summed E-state index contributed by atoms with van der Waals surface area (Å²) in [6.45, 7) is 4.05. The Morgan fingerprint density at radius 2 is 1.88 bits per heavy atom. The monoisotopic (exact) mass is 382 g/mol. The second-order valence-corrected chi connectivity index (χ2v) is 7.46. The number of rotatable bonds is 3. The molecule has 0 amide bonds. The van der Waals surface area contributed by atoms with Gasteiger partial charge in [0.1, 0.15) is 0 Å². The van der Waals surface area contributed by atoms with Crippen molar-refractivity contribution in [3.05, 3.63) is 70.0 Å². The van der Waals surface area contributed by atoms with E-state index in [1.54, 1.807) is 22.7 Å². The van der Waals surface area contributed by atoms with Gasteiger partial charge < -0.3 is 0 Å². The summed E-state index contributed by atoms with van der Waals surface area (Å²) in [5, 5.41) is 0.169. The molecule has 0 aliphatic rings. The van der Waals surface area contributed by atoms with Crippen LogP contribution in [-0.2, 0) is 0 Å². The van der Waals surface area contributed by atoms with Gasteiger partial charge in [-0.1, -0.05) is 55.5 Å². The quantitative estimate of drug-likeness (QED) is 0.483. The predicted octanol–water partition coefficient (Wildman–Crippen LogP) is 4.66. The molecular weight excluding hydrogens is 368 g/mol. The van der Waals surface area contributed by atoms with Crippen molar-refractivity contribution in [2.24, 2.45) is 0 Å². The molecule has 7 heteroatoms. The molecule has 0 unspecified atom stereocenters. The van der Waals surface area contributed by atoms with Crippen molar-refractivity contribution in [1.29, 1.82) is 0 Å². The molecule has 0 aliphatic carbocycles. The molecule has 26 heavy (non-hydrogen) atoms. The number of fused-ring (bicyclic) bond motifs is 1. The molecular formula is C19H15ClN4OS. The summed E-state index contributed by atoms with van der Waals surface area (Å²) in [5.74, 6) is 0.173. The van der Waals surface area contributed by atoms with E-state index in [1.807, 2.05) is 44.2 Å². The average molecular weight is 383 g/mol. The molecule has 1 aromatic carbocycles. The molecule has 0 spiro atoms. The SMILES string of the molecule is CC(C)c1cc(=O)n2c(-c3ccccc3)c(-c3ccnc(Cl)n3)sc2n1. The van der Waals surface area contributed by atoms with Crippen molar-refractivity contribution in [3.8, 4) is 21.8 Å². The third-order valence-corrected chi connectivity index (χ3v) is 5.28. The number of hydrogen-bond acceptors (Lipinski definition) is 5. The lowest BCUT2D eigenvalue weighted by Crippen LogP contribution is -2.15. The molecule has 0 bridgehead atoms. The molecule has 0 aliphatic heterocycles. The second kappa shape index (κ2) is 6.63. The predicted molar refractivity (Wildman–Crippen MR) is 105 cm³/mol. The Labute approximate surface area is 159 Å². The van der Waals surface area contributed by atoms with E-state index in [2.05, 4.69) is 9.97 Å². The van der Waals surface area contributed by atoms with Gasteiger partial charge in [0, 0.05) is 17.8 Å². The zero-order chi connectivity index (χ0) is 18.3. The van der Waals surface area contributed by atoms with Gasteiger partial charge in [0.25, 0.3) is 5.56 Å². The van der Waals surface area contributed by atoms with Gasteiger partial charge in [0.15, 0.2) is 4.96 Å². The van der Waals surface area contributed by atoms with E-state index in [-0.39, 0.29) is 16.8 Å². The van der Waals surface area contributed by atoms with E-state index in [1.165, 1.54) is 11.3 Å². The van der Waals surface area contributed by atoms with Crippen LogP contribution in [0.25, 0.3) is 26.8 Å². The number of aromatic nitrogens is 4. The van der Waals surface area contributed by atoms with Crippen LogP contribution < -0.4 is 5.56 Å². The Kier molecular flexibility index (Phi) is 4.30. The minimum absolute atomic E-state index is 0.0970. The molecule has 3 aromatic heterocycles. The molecule has 5 nitrogen and oxygen atoms in total. The highest BCUT2D eigenvalue weighted by molar-refractivity contribution is 7.20. The van der Waals surface area contributed by atoms with E-state index >= 15 is 0 Å². The van der Waals surface area contributed by atoms with Crippen LogP contribution in [0.2, 0.25) is 5.28 Å². The Morgan fingerprint density at radius 1 is 1.12 bits per heavy atom. The van der Waals surface area contributed by atoms with E-state index in [0.717, 1.165) is 21.8 Å². The summed E-state index contributed by atoms with van der Waals surface area (Å²) in [7, 11) is 0. The fraction of sp³-hybridized carbons (Fsp3) is 0.158. The molecule has 0 fully saturated rings. The highest BCUT2D eigenvalue weighted by Gasteiger charge is 2.20. The Balaban J connectivity index is 2.10. The maximum atomic E-state index is 12.9. The summed E-state index contributed by atoms with van der Waals surface area (Å²) < 4.78 is 1.65. The molecule has 3 heterocycles. The van der Waals surface area contributed by atoms with Crippen molar-refractivity contribution in [2.45, 2.75) is 19.8 Å². The zero-order valence-electron chi connectivity index (χ0n) is 14.2. The number of thiazole rings is 1. The topological polar surface area (TPSA) is 60.2 Å². The molecule has 0 radical (unpaired) electrons. The van der Waals surface area contributed by atoms with Crippen molar-refractivity contribution in [1.82, 2.24) is 19.4 Å². The molecule has 0 N–H and O–H groups in total. The van der Waals surface area contributed by atoms with Crippen LogP contribution in [0.3, 0.4) is 0 Å². The number of hydrogen-bond donors (Lipinski definition) is 0. The van der Waals surface area contributed by atoms with Crippen LogP contribution in [0.1, 0.15) is 25.5 Å². The Hall–Kier alpha value is -2.57. The third-order valence-electron chi connectivity index (χ3n) is 4.04. The van der Waals surface area contributed by atoms with Gasteiger partial charge in [0.2, 0.25) is 5.28 Å². The lowest BCUT2D eigenvalue weighted by atomic mass is 10.1. The van der Waals surface area contributed by atoms with Crippen LogP contribution >= 0.6 is 22.9 Å². The van der Waals surface area contributed by atoms with E-state index in [4.69, 9.17) is 16.6 Å². The highest BCUT2D eigenvalue weighted by atomic mass is 35.5. The van der Waals surface area contributed by atoms with Crippen molar-refractivity contribution in [2.75, 3.05) is 0 Å². The lowest BCUT2D eigenvalue weighted by Gasteiger charge is -2.07. The first-order valence-electron chi connectivity index (χ1n) is 8.15. The summed E-state index contributed by atoms with van der Waals surface area (Å²) in [4.78, 5) is 27.3. The minimum Gasteiger partial charge on any atom is -0.269 e. The van der Waals surface area contributed by atoms with Gasteiger partial charge in [-0.3, -0.25) is 9.20 Å². The first-order valence-corrected chi connectivity index (χ1v) is 9.35. The summed E-state index contributed by atoms with van der Waals surface area (Å²) in [6.07, 6.45) is 1.61. The molecule has 0 atom stereocenters. The number of benzene rings is 1. The van der Waals surface area contributed by atoms with Gasteiger partial charge in [-0.05, 0) is 23.6 Å². The van der Waals surface area contributed by atoms with E-state index < -0.39 is 0 Å². The van der Waals surface area contributed by atoms with Crippen LogP contribution in [0.5, 0.6) is 0 Å². The molecule has 4 rings (SSSR count). The summed E-state index contributed by atoms with van der Waals surface area (Å²) >= 11 is 7.42. The normalized spacial score (nSPS) is 11.4. The fourth-order valence-electron chi connectivity index (χ4n) is 2.78. The second-order valence-electron chi connectivity index (χ2n) is 6.15. The van der Waals surface area contributed by atoms with Gasteiger partial charge in [0.05, 0.1) is 22.0 Å². The van der Waals surface area contributed by atoms with E-state index in [0.29, 0.717) is 10.7 Å². The molecule has 4 aromatic rings. The van der Waals surface area contributed by atoms with Gasteiger partial charge in [-0.15, -0.1) is 0 Å². The maximum absolute atomic E-state index is 12.9. The Bertz CT molecular complexity index is 1150. The lowest BCUT2D eigenvalue weighted by molar-refractivity contribution is 0.816. The van der Waals surface area contributed by atoms with E-state index in [9.17, 15) is 4.79 Å². The van der Waals surface area contributed by atoms with Gasteiger partial charge in [-0.2, -0.15) is 0 Å². The number of halogens is 1. The van der Waals surface area contributed by atoms with Crippen LogP contribution in [0, 0.1) is 0 Å². The van der Waals surface area contributed by atoms with Crippen molar-refractivity contribution < 1.29 is 0 Å². The summed E-state index contributed by atoms with van der Waals surface area (Å²) in [6, 6.07) is 13.2. The Morgan fingerprint density at radius 3 is 2.58 bits per heavy atom. The highest BCUT2D eigenvalue weighted by Crippen LogP contribution is 2.37. The molecule has 130 valence electrons. The standard InChI is InChI=1S/C19H15ClN4OS/c1-11(2)14-10-15(25)24-16(12-6-4-3-5-7-12)17(26-19(24)23-14)13-8-9-21-18(20)22-13/h3-11H,1-2H3. The van der Waals surface area contributed by atoms with Gasteiger partial charge in [-0.25, -0.2) is 15.0 Å². The zero-order valence-corrected chi connectivity index (χ0v) is 15.8. The average Bonchev–Trinajstić information content (AvgIpc) is 3.02. The van der Waals surface area contributed by atoms with Crippen LogP contribution in [0.15, 0.2) is 53.5 Å². The van der Waals surface area contributed by atoms with Crippen LogP contribution in [-0.4, -0.2) is 19.4 Å². The number of nitrogens with zero attached hydrogens (tertiary/aromatic N) is 4. The smallest absolute Gasteiger partial charge is 0.259 e. The minimum atomic E-state index is -0.0970. The third kappa shape index (κ3) is 2.91. The fourth-order valence-corrected chi connectivity index (χ4v) is 4.06. The summed E-state index contributed by atoms with van der Waals surface area (Å²) in [5.41, 5.74) is 3.05. The molecule has 0 saturated heterocycles. The van der Waals surface area contributed by atoms with Crippen LogP contribution in [0.4, 0.5) is 0 Å². The molecule has 0 saturated carbocycles. The largest absolute Gasteiger partial charge is 0.269 e. The van der Waals surface area contributed by atoms with Crippen molar-refractivity contribution in [3.63, 3.8) is 0 Å². The van der Waals surface area contributed by atoms with Gasteiger partial charge >= 0.3 is 0 Å². The first-order chi connectivity index (χ1) is 12.5. The maximum Gasteiger partial charge on any atom is 0.259 e.